The molecule has 2 unspecified atom stereocenters. The molecule has 0 radical (unpaired) electrons. The highest BCUT2D eigenvalue weighted by Gasteiger charge is 2.31. The van der Waals surface area contributed by atoms with Gasteiger partial charge in [0.25, 0.3) is 0 Å². The minimum atomic E-state index is -0.545. The summed E-state index contributed by atoms with van der Waals surface area (Å²) in [6.45, 7) is 2.30. The lowest BCUT2D eigenvalue weighted by Crippen LogP contribution is -2.38. The SMILES string of the molecule is CC1CCCC(N2CCC(c3c(Br)ccc(Cl)c3F)=CC2=O)c2cc(ccn2)-c2ccc(-c3nnc[nH]3)cc2NC1=O. The molecule has 2 aromatic carbocycles. The molecule has 2 atom stereocenters. The van der Waals surface area contributed by atoms with Gasteiger partial charge in [0.05, 0.1) is 16.8 Å². The number of aromatic amines is 1. The second kappa shape index (κ2) is 11.8. The maximum atomic E-state index is 14.9. The fraction of sp³-hybridized carbons (Fsp3) is 0.258. The summed E-state index contributed by atoms with van der Waals surface area (Å²) in [5.41, 5.74) is 4.82. The van der Waals surface area contributed by atoms with Gasteiger partial charge >= 0.3 is 0 Å². The number of carbonyl (C=O) groups is 2. The maximum absolute atomic E-state index is 14.9. The van der Waals surface area contributed by atoms with Crippen molar-refractivity contribution < 1.29 is 14.0 Å². The number of benzene rings is 2. The van der Waals surface area contributed by atoms with Gasteiger partial charge in [0.2, 0.25) is 11.8 Å². The smallest absolute Gasteiger partial charge is 0.247 e. The Morgan fingerprint density at radius 2 is 1.95 bits per heavy atom. The molecule has 4 aromatic rings. The van der Waals surface area contributed by atoms with Crippen LogP contribution in [0.4, 0.5) is 10.1 Å². The number of rotatable bonds is 3. The lowest BCUT2D eigenvalue weighted by atomic mass is 9.92. The Balaban J connectivity index is 1.38. The van der Waals surface area contributed by atoms with Gasteiger partial charge in [-0.2, -0.15) is 0 Å². The number of carbonyl (C=O) groups excluding carboxylic acids is 2. The van der Waals surface area contributed by atoms with Crippen LogP contribution in [0.1, 0.15) is 49.9 Å². The van der Waals surface area contributed by atoms with Gasteiger partial charge in [-0.3, -0.25) is 14.6 Å². The number of nitrogens with zero attached hydrogens (tertiary/aromatic N) is 4. The highest BCUT2D eigenvalue weighted by atomic mass is 79.9. The number of halogens is 3. The van der Waals surface area contributed by atoms with Crippen LogP contribution in [0.15, 0.2) is 65.5 Å². The summed E-state index contributed by atoms with van der Waals surface area (Å²) in [6.07, 6.45) is 7.19. The minimum Gasteiger partial charge on any atom is -0.330 e. The molecule has 2 aromatic heterocycles. The van der Waals surface area contributed by atoms with Crippen LogP contribution in [0.5, 0.6) is 0 Å². The van der Waals surface area contributed by atoms with Gasteiger partial charge in [-0.05, 0) is 60.7 Å². The van der Waals surface area contributed by atoms with Crippen molar-refractivity contribution in [3.63, 3.8) is 0 Å². The van der Waals surface area contributed by atoms with E-state index in [0.29, 0.717) is 59.3 Å². The van der Waals surface area contributed by atoms with Crippen LogP contribution < -0.4 is 5.32 Å². The van der Waals surface area contributed by atoms with Crippen molar-refractivity contribution in [1.29, 1.82) is 0 Å². The van der Waals surface area contributed by atoms with E-state index >= 15 is 0 Å². The lowest BCUT2D eigenvalue weighted by molar-refractivity contribution is -0.129. The Bertz CT molecular complexity index is 1710. The molecule has 0 aliphatic carbocycles. The molecular formula is C31H27BrClFN6O2. The average Bonchev–Trinajstić information content (AvgIpc) is 3.53. The first-order valence-corrected chi connectivity index (χ1v) is 14.9. The van der Waals surface area contributed by atoms with Gasteiger partial charge in [-0.25, -0.2) is 4.39 Å². The molecule has 0 saturated carbocycles. The van der Waals surface area contributed by atoms with E-state index in [1.54, 1.807) is 17.2 Å². The van der Waals surface area contributed by atoms with Gasteiger partial charge < -0.3 is 15.2 Å². The number of nitrogens with one attached hydrogen (secondary N) is 2. The van der Waals surface area contributed by atoms with E-state index in [-0.39, 0.29) is 28.8 Å². The summed E-state index contributed by atoms with van der Waals surface area (Å²) >= 11 is 9.46. The molecule has 0 spiro atoms. The first kappa shape index (κ1) is 28.2. The fourth-order valence-electron chi connectivity index (χ4n) is 5.64. The molecule has 8 nitrogen and oxygen atoms in total. The number of amides is 2. The van der Waals surface area contributed by atoms with E-state index < -0.39 is 5.82 Å². The standard InChI is InChI=1S/C31H27BrClFN6O2/c1-17-3-2-4-26(40-12-10-19(15-27(40)41)28-22(32)7-8-23(33)29(28)34)25-13-18(9-11-35-25)21-6-5-20(30-36-16-37-39-30)14-24(21)38-31(17)42/h5-9,11,13-17,26H,2-4,10,12H2,1H3,(H,38,42)(H,36,37,39). The van der Waals surface area contributed by atoms with Gasteiger partial charge in [0.1, 0.15) is 12.1 Å². The molecule has 2 N–H and O–H groups in total. The van der Waals surface area contributed by atoms with E-state index in [2.05, 4.69) is 36.4 Å². The quantitative estimate of drug-likeness (QED) is 0.229. The monoisotopic (exact) mass is 648 g/mol. The Hall–Kier alpha value is -3.89. The van der Waals surface area contributed by atoms with Crippen molar-refractivity contribution in [2.24, 2.45) is 5.92 Å². The van der Waals surface area contributed by atoms with Gasteiger partial charge in [-0.15, -0.1) is 10.2 Å². The third-order valence-corrected chi connectivity index (χ3v) is 8.86. The molecule has 0 saturated heterocycles. The molecule has 11 heteroatoms. The van der Waals surface area contributed by atoms with Gasteiger partial charge in [-0.1, -0.05) is 53.0 Å². The molecule has 4 heterocycles. The van der Waals surface area contributed by atoms with Crippen LogP contribution in [-0.2, 0) is 9.59 Å². The van der Waals surface area contributed by atoms with E-state index in [1.165, 1.54) is 18.5 Å². The van der Waals surface area contributed by atoms with Crippen molar-refractivity contribution in [2.75, 3.05) is 11.9 Å². The predicted molar refractivity (Wildman–Crippen MR) is 163 cm³/mol. The highest BCUT2D eigenvalue weighted by Crippen LogP contribution is 2.39. The predicted octanol–water partition coefficient (Wildman–Crippen LogP) is 7.20. The summed E-state index contributed by atoms with van der Waals surface area (Å²) < 4.78 is 15.5. The number of H-pyrrole nitrogens is 1. The Morgan fingerprint density at radius 3 is 2.74 bits per heavy atom. The number of hydrogen-bond acceptors (Lipinski definition) is 5. The highest BCUT2D eigenvalue weighted by molar-refractivity contribution is 9.10. The molecule has 0 fully saturated rings. The average molecular weight is 650 g/mol. The third kappa shape index (κ3) is 5.48. The van der Waals surface area contributed by atoms with Crippen molar-refractivity contribution in [1.82, 2.24) is 25.1 Å². The van der Waals surface area contributed by atoms with Gasteiger partial charge in [0, 0.05) is 51.6 Å². The normalized spacial score (nSPS) is 19.3. The Labute approximate surface area is 255 Å². The Morgan fingerprint density at radius 1 is 1.10 bits per heavy atom. The summed E-state index contributed by atoms with van der Waals surface area (Å²) in [7, 11) is 0. The van der Waals surface area contributed by atoms with Crippen LogP contribution in [-0.4, -0.2) is 43.4 Å². The number of hydrogen-bond donors (Lipinski definition) is 2. The summed E-state index contributed by atoms with van der Waals surface area (Å²) in [4.78, 5) is 36.3. The van der Waals surface area contributed by atoms with Crippen LogP contribution >= 0.6 is 27.5 Å². The van der Waals surface area contributed by atoms with Crippen molar-refractivity contribution in [2.45, 2.75) is 38.6 Å². The molecule has 42 heavy (non-hydrogen) atoms. The molecule has 6 rings (SSSR count). The van der Waals surface area contributed by atoms with E-state index in [9.17, 15) is 14.0 Å². The summed E-state index contributed by atoms with van der Waals surface area (Å²) in [5, 5.41) is 11.1. The van der Waals surface area contributed by atoms with Crippen LogP contribution in [0.25, 0.3) is 28.1 Å². The van der Waals surface area contributed by atoms with Crippen LogP contribution in [0, 0.1) is 11.7 Å². The molecule has 2 aliphatic rings. The van der Waals surface area contributed by atoms with Gasteiger partial charge in [0.15, 0.2) is 5.82 Å². The minimum absolute atomic E-state index is 0.00990. The number of anilines is 1. The van der Waals surface area contributed by atoms with Crippen LogP contribution in [0.3, 0.4) is 0 Å². The van der Waals surface area contributed by atoms with E-state index in [0.717, 1.165) is 22.4 Å². The molecule has 2 amide bonds. The third-order valence-electron chi connectivity index (χ3n) is 7.91. The topological polar surface area (TPSA) is 104 Å². The first-order valence-electron chi connectivity index (χ1n) is 13.7. The zero-order chi connectivity index (χ0) is 29.4. The van der Waals surface area contributed by atoms with E-state index in [4.69, 9.17) is 16.6 Å². The summed E-state index contributed by atoms with van der Waals surface area (Å²) in [6, 6.07) is 12.5. The van der Waals surface area contributed by atoms with Crippen molar-refractivity contribution in [3.05, 3.63) is 87.6 Å². The lowest BCUT2D eigenvalue weighted by Gasteiger charge is -2.34. The largest absolute Gasteiger partial charge is 0.330 e. The molecule has 2 aliphatic heterocycles. The number of fused-ring (bicyclic) bond motifs is 4. The zero-order valence-electron chi connectivity index (χ0n) is 22.7. The summed E-state index contributed by atoms with van der Waals surface area (Å²) in [5.74, 6) is -0.480. The molecular weight excluding hydrogens is 623 g/mol. The number of pyridine rings is 1. The first-order chi connectivity index (χ1) is 20.3. The van der Waals surface area contributed by atoms with Crippen LogP contribution in [0.2, 0.25) is 5.02 Å². The molecule has 2 bridgehead atoms. The Kier molecular flexibility index (Phi) is 7.92. The van der Waals surface area contributed by atoms with E-state index in [1.807, 2.05) is 37.3 Å². The zero-order valence-corrected chi connectivity index (χ0v) is 25.0. The second-order valence-corrected chi connectivity index (χ2v) is 11.8. The maximum Gasteiger partial charge on any atom is 0.247 e. The number of aromatic nitrogens is 4. The van der Waals surface area contributed by atoms with Crippen molar-refractivity contribution >= 4 is 50.6 Å². The second-order valence-electron chi connectivity index (χ2n) is 10.6. The van der Waals surface area contributed by atoms with Crippen molar-refractivity contribution in [3.8, 4) is 22.5 Å². The molecule has 214 valence electrons. The fourth-order valence-corrected chi connectivity index (χ4v) is 6.36.